The van der Waals surface area contributed by atoms with Crippen LogP contribution < -0.4 is 10.5 Å². The summed E-state index contributed by atoms with van der Waals surface area (Å²) in [6.45, 7) is 0. The Morgan fingerprint density at radius 3 is 2.62 bits per heavy atom. The molecule has 0 heterocycles. The maximum atomic E-state index is 13.4. The van der Waals surface area contributed by atoms with E-state index in [0.717, 1.165) is 31.4 Å². The van der Waals surface area contributed by atoms with Gasteiger partial charge in [0.2, 0.25) is 10.0 Å². The Morgan fingerprint density at radius 1 is 1.38 bits per heavy atom. The summed E-state index contributed by atoms with van der Waals surface area (Å²) in [6.07, 6.45) is 2.62. The number of nitrogens with two attached hydrogens (primary N) is 1. The summed E-state index contributed by atoms with van der Waals surface area (Å²) >= 11 is 0. The van der Waals surface area contributed by atoms with Gasteiger partial charge in [-0.05, 0) is 31.0 Å². The lowest BCUT2D eigenvalue weighted by Crippen LogP contribution is -2.39. The van der Waals surface area contributed by atoms with Gasteiger partial charge in [0.25, 0.3) is 0 Å². The highest BCUT2D eigenvalue weighted by Gasteiger charge is 2.26. The maximum Gasteiger partial charge on any atom is 0.243 e. The number of anilines is 1. The molecule has 4 nitrogen and oxygen atoms in total. The summed E-state index contributed by atoms with van der Waals surface area (Å²) in [5.41, 5.74) is 5.67. The highest BCUT2D eigenvalue weighted by atomic mass is 32.2. The van der Waals surface area contributed by atoms with Crippen molar-refractivity contribution in [2.75, 3.05) is 5.73 Å². The second-order valence-corrected chi connectivity index (χ2v) is 5.62. The Bertz CT molecular complexity index is 498. The van der Waals surface area contributed by atoms with Crippen molar-refractivity contribution in [1.82, 2.24) is 4.72 Å². The molecule has 1 saturated carbocycles. The molecule has 0 unspecified atom stereocenters. The molecule has 1 fully saturated rings. The van der Waals surface area contributed by atoms with Crippen molar-refractivity contribution in [3.8, 4) is 0 Å². The van der Waals surface area contributed by atoms with Gasteiger partial charge >= 0.3 is 0 Å². The molecule has 0 aromatic heterocycles. The van der Waals surface area contributed by atoms with Crippen molar-refractivity contribution in [2.24, 2.45) is 0 Å². The number of nitrogens with one attached hydrogen (secondary N) is 1. The van der Waals surface area contributed by atoms with Crippen LogP contribution in [0.5, 0.6) is 0 Å². The summed E-state index contributed by atoms with van der Waals surface area (Å²) in [7, 11) is -3.78. The SMILES string of the molecule is Nc1ccc(F)c(S(=O)(=O)NC2CCC2)c1. The second kappa shape index (κ2) is 4.03. The Morgan fingerprint density at radius 2 is 2.06 bits per heavy atom. The number of sulfonamides is 1. The Hall–Kier alpha value is -1.14. The maximum absolute atomic E-state index is 13.4. The molecule has 0 bridgehead atoms. The highest BCUT2D eigenvalue weighted by molar-refractivity contribution is 7.89. The highest BCUT2D eigenvalue weighted by Crippen LogP contribution is 2.23. The van der Waals surface area contributed by atoms with Crippen molar-refractivity contribution in [3.63, 3.8) is 0 Å². The Labute approximate surface area is 93.7 Å². The van der Waals surface area contributed by atoms with Gasteiger partial charge in [0.05, 0.1) is 0 Å². The summed E-state index contributed by atoms with van der Waals surface area (Å²) in [6, 6.07) is 3.46. The quantitative estimate of drug-likeness (QED) is 0.786. The average molecular weight is 244 g/mol. The fourth-order valence-corrected chi connectivity index (χ4v) is 2.95. The van der Waals surface area contributed by atoms with E-state index in [1.807, 2.05) is 0 Å². The number of rotatable bonds is 3. The van der Waals surface area contributed by atoms with E-state index in [-0.39, 0.29) is 16.6 Å². The van der Waals surface area contributed by atoms with E-state index in [1.54, 1.807) is 0 Å². The van der Waals surface area contributed by atoms with Gasteiger partial charge in [-0.3, -0.25) is 0 Å². The van der Waals surface area contributed by atoms with Crippen LogP contribution in [-0.2, 0) is 10.0 Å². The number of halogens is 1. The van der Waals surface area contributed by atoms with Gasteiger partial charge in [-0.1, -0.05) is 6.42 Å². The molecule has 0 aliphatic heterocycles. The molecule has 88 valence electrons. The molecule has 6 heteroatoms. The van der Waals surface area contributed by atoms with Gasteiger partial charge in [-0.25, -0.2) is 17.5 Å². The van der Waals surface area contributed by atoms with Crippen LogP contribution in [-0.4, -0.2) is 14.5 Å². The first-order valence-corrected chi connectivity index (χ1v) is 6.55. The van der Waals surface area contributed by atoms with Crippen LogP contribution in [0.4, 0.5) is 10.1 Å². The summed E-state index contributed by atoms with van der Waals surface area (Å²) in [4.78, 5) is -0.376. The monoisotopic (exact) mass is 244 g/mol. The molecule has 0 amide bonds. The van der Waals surface area contributed by atoms with Crippen molar-refractivity contribution < 1.29 is 12.8 Å². The molecule has 0 spiro atoms. The van der Waals surface area contributed by atoms with E-state index in [4.69, 9.17) is 5.73 Å². The summed E-state index contributed by atoms with van der Waals surface area (Å²) in [5.74, 6) is -0.777. The zero-order valence-electron chi connectivity index (χ0n) is 8.61. The van der Waals surface area contributed by atoms with Gasteiger partial charge in [0.15, 0.2) is 0 Å². The lowest BCUT2D eigenvalue weighted by Gasteiger charge is -2.26. The molecule has 2 rings (SSSR count). The smallest absolute Gasteiger partial charge is 0.243 e. The molecule has 0 radical (unpaired) electrons. The predicted octanol–water partition coefficient (Wildman–Crippen LogP) is 1.24. The molecular formula is C10H13FN2O2S. The van der Waals surface area contributed by atoms with Crippen LogP contribution in [0, 0.1) is 5.82 Å². The van der Waals surface area contributed by atoms with Crippen molar-refractivity contribution in [2.45, 2.75) is 30.2 Å². The predicted molar refractivity (Wildman–Crippen MR) is 58.8 cm³/mol. The van der Waals surface area contributed by atoms with E-state index in [0.29, 0.717) is 0 Å². The molecule has 3 N–H and O–H groups in total. The largest absolute Gasteiger partial charge is 0.399 e. The first kappa shape index (κ1) is 11.3. The molecule has 1 aliphatic carbocycles. The number of nitrogen functional groups attached to an aromatic ring is 1. The van der Waals surface area contributed by atoms with Crippen molar-refractivity contribution >= 4 is 15.7 Å². The Balaban J connectivity index is 2.30. The minimum atomic E-state index is -3.78. The third-order valence-electron chi connectivity index (χ3n) is 2.67. The van der Waals surface area contributed by atoms with Gasteiger partial charge in [-0.15, -0.1) is 0 Å². The van der Waals surface area contributed by atoms with Crippen LogP contribution in [0.25, 0.3) is 0 Å². The van der Waals surface area contributed by atoms with Crippen molar-refractivity contribution in [3.05, 3.63) is 24.0 Å². The van der Waals surface area contributed by atoms with E-state index in [9.17, 15) is 12.8 Å². The molecule has 0 saturated heterocycles. The fraction of sp³-hybridized carbons (Fsp3) is 0.400. The summed E-state index contributed by atoms with van der Waals surface area (Å²) in [5, 5.41) is 0. The van der Waals surface area contributed by atoms with Gasteiger partial charge in [0, 0.05) is 11.7 Å². The minimum Gasteiger partial charge on any atom is -0.399 e. The summed E-state index contributed by atoms with van der Waals surface area (Å²) < 4.78 is 39.4. The normalized spacial score (nSPS) is 17.1. The standard InChI is InChI=1S/C10H13FN2O2S/c11-9-5-4-7(12)6-10(9)16(14,15)13-8-2-1-3-8/h4-6,8,13H,1-3,12H2. The molecular weight excluding hydrogens is 231 g/mol. The van der Waals surface area contributed by atoms with Crippen LogP contribution in [0.3, 0.4) is 0 Å². The second-order valence-electron chi connectivity index (χ2n) is 3.94. The third kappa shape index (κ3) is 2.17. The molecule has 1 aliphatic rings. The zero-order valence-corrected chi connectivity index (χ0v) is 9.43. The lowest BCUT2D eigenvalue weighted by atomic mass is 9.94. The number of benzene rings is 1. The van der Waals surface area contributed by atoms with Crippen LogP contribution in [0.15, 0.2) is 23.1 Å². The topological polar surface area (TPSA) is 72.2 Å². The molecule has 1 aromatic rings. The average Bonchev–Trinajstić information content (AvgIpc) is 2.16. The number of hydrogen-bond acceptors (Lipinski definition) is 3. The molecule has 0 atom stereocenters. The van der Waals surface area contributed by atoms with Crippen LogP contribution in [0.1, 0.15) is 19.3 Å². The van der Waals surface area contributed by atoms with Crippen LogP contribution in [0.2, 0.25) is 0 Å². The lowest BCUT2D eigenvalue weighted by molar-refractivity contribution is 0.383. The van der Waals surface area contributed by atoms with E-state index < -0.39 is 15.8 Å². The zero-order chi connectivity index (χ0) is 11.8. The van der Waals surface area contributed by atoms with Gasteiger partial charge in [0.1, 0.15) is 10.7 Å². The van der Waals surface area contributed by atoms with Gasteiger partial charge in [-0.2, -0.15) is 0 Å². The Kier molecular flexibility index (Phi) is 2.86. The third-order valence-corrected chi connectivity index (χ3v) is 4.21. The van der Waals surface area contributed by atoms with Crippen molar-refractivity contribution in [1.29, 1.82) is 0 Å². The van der Waals surface area contributed by atoms with E-state index >= 15 is 0 Å². The molecule has 16 heavy (non-hydrogen) atoms. The number of hydrogen-bond donors (Lipinski definition) is 2. The first-order chi connectivity index (χ1) is 7.49. The molecule has 1 aromatic carbocycles. The van der Waals surface area contributed by atoms with Crippen LogP contribution >= 0.6 is 0 Å². The van der Waals surface area contributed by atoms with E-state index in [2.05, 4.69) is 4.72 Å². The minimum absolute atomic E-state index is 0.0640. The van der Waals surface area contributed by atoms with E-state index in [1.165, 1.54) is 6.07 Å². The first-order valence-electron chi connectivity index (χ1n) is 5.06. The fourth-order valence-electron chi connectivity index (χ4n) is 1.53. The van der Waals surface area contributed by atoms with Gasteiger partial charge < -0.3 is 5.73 Å².